The van der Waals surface area contributed by atoms with E-state index in [0.29, 0.717) is 6.61 Å². The summed E-state index contributed by atoms with van der Waals surface area (Å²) in [6, 6.07) is 5.44. The van der Waals surface area contributed by atoms with Gasteiger partial charge in [0, 0.05) is 12.1 Å². The lowest BCUT2D eigenvalue weighted by atomic mass is 10.1. The summed E-state index contributed by atoms with van der Waals surface area (Å²) in [5, 5.41) is 2.67. The third-order valence-corrected chi connectivity index (χ3v) is 2.15. The molecule has 1 aromatic rings. The molecule has 0 bridgehead atoms. The molecule has 14 heavy (non-hydrogen) atoms. The Labute approximate surface area is 80.9 Å². The molecule has 0 unspecified atom stereocenters. The molecule has 0 saturated carbocycles. The lowest BCUT2D eigenvalue weighted by Crippen LogP contribution is -2.10. The second-order valence-corrected chi connectivity index (χ2v) is 3.19. The van der Waals surface area contributed by atoms with Gasteiger partial charge in [-0.3, -0.25) is 0 Å². The van der Waals surface area contributed by atoms with E-state index in [1.54, 1.807) is 6.07 Å². The summed E-state index contributed by atoms with van der Waals surface area (Å²) in [6.07, 6.45) is -1.46. The molecule has 1 aliphatic heterocycles. The van der Waals surface area contributed by atoms with Crippen molar-refractivity contribution in [3.63, 3.8) is 0 Å². The first-order chi connectivity index (χ1) is 6.75. The van der Waals surface area contributed by atoms with Crippen molar-refractivity contribution in [2.75, 3.05) is 18.5 Å². The lowest BCUT2D eigenvalue weighted by molar-refractivity contribution is 0.163. The molecule has 2 nitrogen and oxygen atoms in total. The molecule has 1 aliphatic rings. The van der Waals surface area contributed by atoms with Gasteiger partial charge in [-0.15, -0.1) is 0 Å². The van der Waals surface area contributed by atoms with E-state index < -0.39 is 6.43 Å². The van der Waals surface area contributed by atoms with Gasteiger partial charge in [-0.2, -0.15) is 0 Å². The van der Waals surface area contributed by atoms with Gasteiger partial charge in [-0.25, -0.2) is 8.78 Å². The highest BCUT2D eigenvalue weighted by atomic mass is 19.3. The molecule has 0 fully saturated rings. The predicted octanol–water partition coefficient (Wildman–Crippen LogP) is 2.30. The topological polar surface area (TPSA) is 21.3 Å². The first kappa shape index (κ1) is 9.24. The number of benzene rings is 1. The summed E-state index contributed by atoms with van der Waals surface area (Å²) in [6.45, 7) is 0.382. The van der Waals surface area contributed by atoms with Gasteiger partial charge in [0.2, 0.25) is 0 Å². The Morgan fingerprint density at radius 1 is 1.43 bits per heavy atom. The monoisotopic (exact) mass is 199 g/mol. The highest BCUT2D eigenvalue weighted by Gasteiger charge is 2.12. The standard InChI is InChI=1S/C10H11F2NO/c11-10(12)6-13-8-1-2-9-7(5-8)3-4-14-9/h1-2,5,10,13H,3-4,6H2. The Bertz CT molecular complexity index is 328. The maximum absolute atomic E-state index is 11.9. The molecule has 0 amide bonds. The fourth-order valence-corrected chi connectivity index (χ4v) is 1.49. The highest BCUT2D eigenvalue weighted by molar-refractivity contribution is 5.52. The van der Waals surface area contributed by atoms with Crippen molar-refractivity contribution in [3.05, 3.63) is 23.8 Å². The SMILES string of the molecule is FC(F)CNc1ccc2c(c1)CCO2. The van der Waals surface area contributed by atoms with Crippen LogP contribution in [0.25, 0.3) is 0 Å². The first-order valence-corrected chi connectivity index (χ1v) is 4.53. The molecule has 76 valence electrons. The summed E-state index contributed by atoms with van der Waals surface area (Å²) in [4.78, 5) is 0. The third-order valence-electron chi connectivity index (χ3n) is 2.15. The van der Waals surface area contributed by atoms with Crippen molar-refractivity contribution in [1.82, 2.24) is 0 Å². The van der Waals surface area contributed by atoms with E-state index in [9.17, 15) is 8.78 Å². The number of ether oxygens (including phenoxy) is 1. The van der Waals surface area contributed by atoms with E-state index in [0.717, 1.165) is 23.4 Å². The molecule has 0 saturated heterocycles. The molecule has 1 aromatic carbocycles. The van der Waals surface area contributed by atoms with Gasteiger partial charge in [-0.05, 0) is 23.8 Å². The minimum absolute atomic E-state index is 0.306. The van der Waals surface area contributed by atoms with Gasteiger partial charge in [0.1, 0.15) is 5.75 Å². The maximum atomic E-state index is 11.9. The number of fused-ring (bicyclic) bond motifs is 1. The molecule has 2 rings (SSSR count). The summed E-state index contributed by atoms with van der Waals surface area (Å²) in [5.74, 6) is 0.868. The second-order valence-electron chi connectivity index (χ2n) is 3.19. The van der Waals surface area contributed by atoms with E-state index in [1.807, 2.05) is 12.1 Å². The molecule has 0 aliphatic carbocycles. The average molecular weight is 199 g/mol. The Balaban J connectivity index is 2.05. The van der Waals surface area contributed by atoms with Crippen LogP contribution in [0.5, 0.6) is 5.75 Å². The zero-order chi connectivity index (χ0) is 9.97. The van der Waals surface area contributed by atoms with Crippen molar-refractivity contribution in [3.8, 4) is 5.75 Å². The van der Waals surface area contributed by atoms with Crippen molar-refractivity contribution >= 4 is 5.69 Å². The van der Waals surface area contributed by atoms with E-state index >= 15 is 0 Å². The van der Waals surface area contributed by atoms with Crippen LogP contribution in [-0.2, 0) is 6.42 Å². The second kappa shape index (κ2) is 3.82. The van der Waals surface area contributed by atoms with Crippen molar-refractivity contribution in [2.45, 2.75) is 12.8 Å². The Morgan fingerprint density at radius 2 is 2.29 bits per heavy atom. The van der Waals surface area contributed by atoms with Crippen LogP contribution in [0.1, 0.15) is 5.56 Å². The van der Waals surface area contributed by atoms with Crippen LogP contribution in [0.4, 0.5) is 14.5 Å². The lowest BCUT2D eigenvalue weighted by Gasteiger charge is -2.06. The number of alkyl halides is 2. The van der Waals surface area contributed by atoms with Crippen LogP contribution in [0.2, 0.25) is 0 Å². The molecular weight excluding hydrogens is 188 g/mol. The van der Waals surface area contributed by atoms with Gasteiger partial charge in [0.15, 0.2) is 0 Å². The number of hydrogen-bond acceptors (Lipinski definition) is 2. The minimum Gasteiger partial charge on any atom is -0.493 e. The van der Waals surface area contributed by atoms with E-state index in [2.05, 4.69) is 5.32 Å². The summed E-state index contributed by atoms with van der Waals surface area (Å²) < 4.78 is 29.1. The third kappa shape index (κ3) is 1.95. The zero-order valence-electron chi connectivity index (χ0n) is 7.59. The molecule has 1 N–H and O–H groups in total. The molecule has 4 heteroatoms. The molecule has 0 radical (unpaired) electrons. The van der Waals surface area contributed by atoms with Crippen LogP contribution in [-0.4, -0.2) is 19.6 Å². The Morgan fingerprint density at radius 3 is 3.07 bits per heavy atom. The largest absolute Gasteiger partial charge is 0.493 e. The average Bonchev–Trinajstić information content (AvgIpc) is 2.61. The van der Waals surface area contributed by atoms with Gasteiger partial charge in [0.05, 0.1) is 13.2 Å². The van der Waals surface area contributed by atoms with E-state index in [-0.39, 0.29) is 6.54 Å². The van der Waals surface area contributed by atoms with Gasteiger partial charge in [0.25, 0.3) is 6.43 Å². The molecule has 0 aromatic heterocycles. The van der Waals surface area contributed by atoms with Gasteiger partial charge in [-0.1, -0.05) is 0 Å². The number of nitrogens with one attached hydrogen (secondary N) is 1. The first-order valence-electron chi connectivity index (χ1n) is 4.53. The van der Waals surface area contributed by atoms with Crippen LogP contribution < -0.4 is 10.1 Å². The fraction of sp³-hybridized carbons (Fsp3) is 0.400. The smallest absolute Gasteiger partial charge is 0.255 e. The van der Waals surface area contributed by atoms with Crippen molar-refractivity contribution in [2.24, 2.45) is 0 Å². The number of halogens is 2. The van der Waals surface area contributed by atoms with Crippen LogP contribution >= 0.6 is 0 Å². The van der Waals surface area contributed by atoms with Crippen LogP contribution in [0, 0.1) is 0 Å². The van der Waals surface area contributed by atoms with Crippen molar-refractivity contribution < 1.29 is 13.5 Å². The normalized spacial score (nSPS) is 13.9. The Kier molecular flexibility index (Phi) is 2.52. The minimum atomic E-state index is -2.32. The van der Waals surface area contributed by atoms with E-state index in [4.69, 9.17) is 4.74 Å². The molecule has 0 atom stereocenters. The predicted molar refractivity (Wildman–Crippen MR) is 50.1 cm³/mol. The van der Waals surface area contributed by atoms with Gasteiger partial charge < -0.3 is 10.1 Å². The van der Waals surface area contributed by atoms with Crippen LogP contribution in [0.3, 0.4) is 0 Å². The quantitative estimate of drug-likeness (QED) is 0.806. The van der Waals surface area contributed by atoms with E-state index in [1.165, 1.54) is 0 Å². The van der Waals surface area contributed by atoms with Crippen LogP contribution in [0.15, 0.2) is 18.2 Å². The summed E-state index contributed by atoms with van der Waals surface area (Å²) in [7, 11) is 0. The number of rotatable bonds is 3. The summed E-state index contributed by atoms with van der Waals surface area (Å²) in [5.41, 5.74) is 1.82. The van der Waals surface area contributed by atoms with Gasteiger partial charge >= 0.3 is 0 Å². The Hall–Kier alpha value is -1.32. The molecule has 1 heterocycles. The maximum Gasteiger partial charge on any atom is 0.255 e. The highest BCUT2D eigenvalue weighted by Crippen LogP contribution is 2.27. The fourth-order valence-electron chi connectivity index (χ4n) is 1.49. The zero-order valence-corrected chi connectivity index (χ0v) is 7.59. The molecule has 0 spiro atoms. The summed E-state index contributed by atoms with van der Waals surface area (Å²) >= 11 is 0. The van der Waals surface area contributed by atoms with Crippen molar-refractivity contribution in [1.29, 1.82) is 0 Å². The molecular formula is C10H11F2NO. The number of hydrogen-bond donors (Lipinski definition) is 1. The number of anilines is 1.